The standard InChI is InChI=1S/C24H22ClN3/c1-28(2)16-17-7-5-10-20(13-17)26-24-15-23(18-8-6-9-19(25)14-18)27-22-12-4-3-11-21(22)24/h3-15H,16H2,1-2H3,(H,26,27). The first kappa shape index (κ1) is 18.5. The Morgan fingerprint density at radius 1 is 0.893 bits per heavy atom. The van der Waals surface area contributed by atoms with Crippen molar-refractivity contribution in [2.75, 3.05) is 19.4 Å². The Balaban J connectivity index is 1.78. The van der Waals surface area contributed by atoms with Gasteiger partial charge < -0.3 is 10.2 Å². The van der Waals surface area contributed by atoms with Crippen LogP contribution in [0.1, 0.15) is 5.56 Å². The number of benzene rings is 3. The van der Waals surface area contributed by atoms with E-state index in [4.69, 9.17) is 16.6 Å². The highest BCUT2D eigenvalue weighted by Crippen LogP contribution is 2.31. The Bertz CT molecular complexity index is 1120. The van der Waals surface area contributed by atoms with Crippen LogP contribution in [0.5, 0.6) is 0 Å². The van der Waals surface area contributed by atoms with E-state index in [-0.39, 0.29) is 0 Å². The van der Waals surface area contributed by atoms with Crippen LogP contribution in [0, 0.1) is 0 Å². The molecule has 0 unspecified atom stereocenters. The van der Waals surface area contributed by atoms with Gasteiger partial charge in [0.15, 0.2) is 0 Å². The van der Waals surface area contributed by atoms with Crippen LogP contribution in [0.3, 0.4) is 0 Å². The first-order valence-corrected chi connectivity index (χ1v) is 9.63. The highest BCUT2D eigenvalue weighted by molar-refractivity contribution is 6.30. The molecular weight excluding hydrogens is 366 g/mol. The van der Waals surface area contributed by atoms with Gasteiger partial charge in [0.05, 0.1) is 16.9 Å². The third-order valence-corrected chi connectivity index (χ3v) is 4.78. The molecule has 0 saturated carbocycles. The zero-order valence-corrected chi connectivity index (χ0v) is 16.7. The van der Waals surface area contributed by atoms with E-state index in [1.807, 2.05) is 42.5 Å². The fraction of sp³-hybridized carbons (Fsp3) is 0.125. The molecule has 0 amide bonds. The van der Waals surface area contributed by atoms with Gasteiger partial charge in [-0.25, -0.2) is 4.98 Å². The van der Waals surface area contributed by atoms with Crippen molar-refractivity contribution in [3.63, 3.8) is 0 Å². The van der Waals surface area contributed by atoms with E-state index in [9.17, 15) is 0 Å². The summed E-state index contributed by atoms with van der Waals surface area (Å²) in [5.41, 5.74) is 6.21. The van der Waals surface area contributed by atoms with Gasteiger partial charge in [-0.3, -0.25) is 0 Å². The summed E-state index contributed by atoms with van der Waals surface area (Å²) in [6.07, 6.45) is 0. The van der Waals surface area contributed by atoms with E-state index in [2.05, 4.69) is 60.7 Å². The van der Waals surface area contributed by atoms with Gasteiger partial charge >= 0.3 is 0 Å². The number of hydrogen-bond acceptors (Lipinski definition) is 3. The lowest BCUT2D eigenvalue weighted by Gasteiger charge is -2.14. The van der Waals surface area contributed by atoms with Crippen LogP contribution in [0.2, 0.25) is 5.02 Å². The highest BCUT2D eigenvalue weighted by Gasteiger charge is 2.09. The smallest absolute Gasteiger partial charge is 0.0730 e. The average molecular weight is 388 g/mol. The number of rotatable bonds is 5. The molecule has 1 heterocycles. The summed E-state index contributed by atoms with van der Waals surface area (Å²) in [5, 5.41) is 5.39. The van der Waals surface area contributed by atoms with Gasteiger partial charge in [0.1, 0.15) is 0 Å². The van der Waals surface area contributed by atoms with Crippen molar-refractivity contribution in [3.05, 3.63) is 89.4 Å². The predicted octanol–water partition coefficient (Wildman–Crippen LogP) is 6.36. The summed E-state index contributed by atoms with van der Waals surface area (Å²) in [5.74, 6) is 0. The van der Waals surface area contributed by atoms with E-state index in [0.29, 0.717) is 5.02 Å². The Morgan fingerprint density at radius 2 is 1.71 bits per heavy atom. The van der Waals surface area contributed by atoms with Crippen LogP contribution in [0.15, 0.2) is 78.9 Å². The van der Waals surface area contributed by atoms with Crippen LogP contribution < -0.4 is 5.32 Å². The molecule has 4 heteroatoms. The number of fused-ring (bicyclic) bond motifs is 1. The molecular formula is C24H22ClN3. The van der Waals surface area contributed by atoms with Crippen LogP contribution in [0.25, 0.3) is 22.2 Å². The normalized spacial score (nSPS) is 11.1. The topological polar surface area (TPSA) is 28.2 Å². The lowest BCUT2D eigenvalue weighted by Crippen LogP contribution is -2.10. The molecule has 140 valence electrons. The quantitative estimate of drug-likeness (QED) is 0.431. The fourth-order valence-electron chi connectivity index (χ4n) is 3.34. The molecule has 0 spiro atoms. The number of pyridine rings is 1. The van der Waals surface area contributed by atoms with Crippen LogP contribution in [-0.4, -0.2) is 24.0 Å². The van der Waals surface area contributed by atoms with Gasteiger partial charge in [0, 0.05) is 28.2 Å². The molecule has 0 aliphatic heterocycles. The Hall–Kier alpha value is -2.88. The summed E-state index contributed by atoms with van der Waals surface area (Å²) in [6, 6.07) is 26.6. The van der Waals surface area contributed by atoms with Crippen molar-refractivity contribution in [2.45, 2.75) is 6.54 Å². The van der Waals surface area contributed by atoms with E-state index < -0.39 is 0 Å². The zero-order valence-electron chi connectivity index (χ0n) is 16.0. The lowest BCUT2D eigenvalue weighted by atomic mass is 10.1. The first-order valence-electron chi connectivity index (χ1n) is 9.25. The second kappa shape index (κ2) is 8.01. The Kier molecular flexibility index (Phi) is 5.29. The molecule has 0 atom stereocenters. The molecule has 28 heavy (non-hydrogen) atoms. The van der Waals surface area contributed by atoms with Gasteiger partial charge in [0.25, 0.3) is 0 Å². The predicted molar refractivity (Wildman–Crippen MR) is 119 cm³/mol. The number of aromatic nitrogens is 1. The summed E-state index contributed by atoms with van der Waals surface area (Å²) < 4.78 is 0. The maximum Gasteiger partial charge on any atom is 0.0730 e. The second-order valence-electron chi connectivity index (χ2n) is 7.15. The molecule has 0 saturated heterocycles. The molecule has 1 N–H and O–H groups in total. The second-order valence-corrected chi connectivity index (χ2v) is 7.58. The van der Waals surface area contributed by atoms with Crippen molar-refractivity contribution in [1.29, 1.82) is 0 Å². The monoisotopic (exact) mass is 387 g/mol. The molecule has 3 aromatic carbocycles. The van der Waals surface area contributed by atoms with Crippen LogP contribution in [0.4, 0.5) is 11.4 Å². The van der Waals surface area contributed by atoms with Gasteiger partial charge in [-0.05, 0) is 56.1 Å². The molecule has 4 aromatic rings. The number of para-hydroxylation sites is 1. The highest BCUT2D eigenvalue weighted by atomic mass is 35.5. The number of anilines is 2. The van der Waals surface area contributed by atoms with Crippen molar-refractivity contribution >= 4 is 33.9 Å². The Morgan fingerprint density at radius 3 is 2.54 bits per heavy atom. The molecule has 0 bridgehead atoms. The van der Waals surface area contributed by atoms with Crippen molar-refractivity contribution in [1.82, 2.24) is 9.88 Å². The van der Waals surface area contributed by atoms with Gasteiger partial charge in [0.2, 0.25) is 0 Å². The van der Waals surface area contributed by atoms with Gasteiger partial charge in [-0.2, -0.15) is 0 Å². The van der Waals surface area contributed by atoms with Crippen molar-refractivity contribution in [2.24, 2.45) is 0 Å². The van der Waals surface area contributed by atoms with Crippen LogP contribution >= 0.6 is 11.6 Å². The molecule has 0 radical (unpaired) electrons. The van der Waals surface area contributed by atoms with Gasteiger partial charge in [-0.15, -0.1) is 0 Å². The maximum atomic E-state index is 6.19. The summed E-state index contributed by atoms with van der Waals surface area (Å²) >= 11 is 6.19. The average Bonchev–Trinajstić information content (AvgIpc) is 2.68. The minimum absolute atomic E-state index is 0.707. The van der Waals surface area contributed by atoms with E-state index in [1.165, 1.54) is 5.56 Å². The first-order chi connectivity index (χ1) is 13.6. The summed E-state index contributed by atoms with van der Waals surface area (Å²) in [4.78, 5) is 7.01. The molecule has 4 rings (SSSR count). The van der Waals surface area contributed by atoms with Crippen LogP contribution in [-0.2, 0) is 6.54 Å². The minimum atomic E-state index is 0.707. The number of nitrogens with zero attached hydrogens (tertiary/aromatic N) is 2. The third kappa shape index (κ3) is 4.16. The number of halogens is 1. The van der Waals surface area contributed by atoms with Gasteiger partial charge in [-0.1, -0.05) is 54.1 Å². The third-order valence-electron chi connectivity index (χ3n) is 4.54. The van der Waals surface area contributed by atoms with E-state index in [0.717, 1.165) is 40.1 Å². The molecule has 0 fully saturated rings. The number of hydrogen-bond donors (Lipinski definition) is 1. The molecule has 0 aliphatic carbocycles. The fourth-order valence-corrected chi connectivity index (χ4v) is 3.53. The lowest BCUT2D eigenvalue weighted by molar-refractivity contribution is 0.402. The largest absolute Gasteiger partial charge is 0.355 e. The van der Waals surface area contributed by atoms with Crippen molar-refractivity contribution in [3.8, 4) is 11.3 Å². The molecule has 3 nitrogen and oxygen atoms in total. The molecule has 1 aromatic heterocycles. The van der Waals surface area contributed by atoms with E-state index >= 15 is 0 Å². The van der Waals surface area contributed by atoms with Crippen molar-refractivity contribution < 1.29 is 0 Å². The summed E-state index contributed by atoms with van der Waals surface area (Å²) in [7, 11) is 4.15. The minimum Gasteiger partial charge on any atom is -0.355 e. The number of nitrogens with one attached hydrogen (secondary N) is 1. The Labute approximate surface area is 170 Å². The SMILES string of the molecule is CN(C)Cc1cccc(Nc2cc(-c3cccc(Cl)c3)nc3ccccc23)c1. The van der Waals surface area contributed by atoms with E-state index in [1.54, 1.807) is 0 Å². The zero-order chi connectivity index (χ0) is 19.5. The summed E-state index contributed by atoms with van der Waals surface area (Å²) in [6.45, 7) is 0.903. The maximum absolute atomic E-state index is 6.19. The molecule has 0 aliphatic rings.